The number of carbonyl (C=O) groups is 1. The molecule has 0 aliphatic carbocycles. The third-order valence-corrected chi connectivity index (χ3v) is 3.68. The summed E-state index contributed by atoms with van der Waals surface area (Å²) in [5.41, 5.74) is 6.27. The van der Waals surface area contributed by atoms with Crippen LogP contribution in [0.5, 0.6) is 0 Å². The number of hydrogen-bond acceptors (Lipinski definition) is 2. The number of carbonyl (C=O) groups excluding carboxylic acids is 1. The number of nitrogens with zero attached hydrogens (tertiary/aromatic N) is 1. The van der Waals surface area contributed by atoms with Crippen LogP contribution in [0.2, 0.25) is 0 Å². The number of benzene rings is 1. The zero-order valence-corrected chi connectivity index (χ0v) is 11.1. The minimum atomic E-state index is -0.286. The summed E-state index contributed by atoms with van der Waals surface area (Å²) in [5.74, 6) is -0.184. The Labute approximate surface area is 113 Å². The number of likely N-dealkylation sites (tertiary alicyclic amines) is 1. The molecule has 1 atom stereocenters. The molecule has 1 saturated heterocycles. The highest BCUT2D eigenvalue weighted by Crippen LogP contribution is 2.22. The summed E-state index contributed by atoms with van der Waals surface area (Å²) in [7, 11) is 0. The summed E-state index contributed by atoms with van der Waals surface area (Å²) in [5, 5.41) is 0. The van der Waals surface area contributed by atoms with Crippen LogP contribution in [0.15, 0.2) is 24.3 Å². The van der Waals surface area contributed by atoms with Gasteiger partial charge in [-0.3, -0.25) is 4.79 Å². The van der Waals surface area contributed by atoms with Crippen LogP contribution in [0, 0.1) is 5.82 Å². The highest BCUT2D eigenvalue weighted by Gasteiger charge is 2.27. The van der Waals surface area contributed by atoms with E-state index in [2.05, 4.69) is 0 Å². The van der Waals surface area contributed by atoms with Crippen molar-refractivity contribution in [1.82, 2.24) is 4.90 Å². The molecular weight excluding hydrogens is 243 g/mol. The van der Waals surface area contributed by atoms with E-state index in [1.165, 1.54) is 12.1 Å². The van der Waals surface area contributed by atoms with Crippen molar-refractivity contribution < 1.29 is 9.18 Å². The number of halogens is 1. The molecule has 4 heteroatoms. The Morgan fingerprint density at radius 3 is 3.05 bits per heavy atom. The molecular formula is C15H21FN2O. The zero-order chi connectivity index (χ0) is 13.7. The molecule has 0 spiro atoms. The molecule has 0 radical (unpaired) electrons. The van der Waals surface area contributed by atoms with Crippen molar-refractivity contribution in [2.75, 3.05) is 13.1 Å². The van der Waals surface area contributed by atoms with Gasteiger partial charge in [0, 0.05) is 12.6 Å². The van der Waals surface area contributed by atoms with Gasteiger partial charge in [0.1, 0.15) is 5.82 Å². The fourth-order valence-electron chi connectivity index (χ4n) is 2.74. The van der Waals surface area contributed by atoms with Crippen molar-refractivity contribution in [2.45, 2.75) is 38.1 Å². The summed E-state index contributed by atoms with van der Waals surface area (Å²) in [4.78, 5) is 14.2. The lowest BCUT2D eigenvalue weighted by molar-refractivity contribution is -0.131. The average molecular weight is 264 g/mol. The van der Waals surface area contributed by atoms with E-state index in [-0.39, 0.29) is 18.1 Å². The maximum Gasteiger partial charge on any atom is 0.227 e. The molecule has 0 saturated carbocycles. The van der Waals surface area contributed by atoms with E-state index in [4.69, 9.17) is 5.73 Å². The summed E-state index contributed by atoms with van der Waals surface area (Å²) in [6, 6.07) is 6.60. The number of nitrogens with two attached hydrogens (primary N) is 1. The molecule has 1 aromatic rings. The van der Waals surface area contributed by atoms with Crippen LogP contribution in [0.4, 0.5) is 4.39 Å². The molecule has 1 unspecified atom stereocenters. The fraction of sp³-hybridized carbons (Fsp3) is 0.533. The lowest BCUT2D eigenvalue weighted by Crippen LogP contribution is -2.36. The van der Waals surface area contributed by atoms with Gasteiger partial charge in [-0.1, -0.05) is 12.1 Å². The lowest BCUT2D eigenvalue weighted by Gasteiger charge is -2.24. The van der Waals surface area contributed by atoms with Crippen LogP contribution >= 0.6 is 0 Å². The number of hydrogen-bond donors (Lipinski definition) is 1. The van der Waals surface area contributed by atoms with Gasteiger partial charge in [-0.2, -0.15) is 0 Å². The highest BCUT2D eigenvalue weighted by molar-refractivity contribution is 5.79. The van der Waals surface area contributed by atoms with Crippen LogP contribution in [0.25, 0.3) is 0 Å². The Morgan fingerprint density at radius 2 is 2.32 bits per heavy atom. The molecule has 1 amide bonds. The predicted molar refractivity (Wildman–Crippen MR) is 73.1 cm³/mol. The fourth-order valence-corrected chi connectivity index (χ4v) is 2.74. The monoisotopic (exact) mass is 264 g/mol. The van der Waals surface area contributed by atoms with Crippen LogP contribution < -0.4 is 5.73 Å². The summed E-state index contributed by atoms with van der Waals surface area (Å²) >= 11 is 0. The second-order valence-electron chi connectivity index (χ2n) is 5.12. The molecule has 104 valence electrons. The topological polar surface area (TPSA) is 46.3 Å². The van der Waals surface area contributed by atoms with E-state index < -0.39 is 0 Å². The van der Waals surface area contributed by atoms with Crippen LogP contribution in [0.3, 0.4) is 0 Å². The lowest BCUT2D eigenvalue weighted by atomic mass is 10.1. The highest BCUT2D eigenvalue weighted by atomic mass is 19.1. The Balaban J connectivity index is 1.95. The third kappa shape index (κ3) is 3.77. The Morgan fingerprint density at radius 1 is 1.47 bits per heavy atom. The van der Waals surface area contributed by atoms with Crippen molar-refractivity contribution in [1.29, 1.82) is 0 Å². The van der Waals surface area contributed by atoms with Crippen molar-refractivity contribution >= 4 is 5.91 Å². The molecule has 1 aliphatic rings. The van der Waals surface area contributed by atoms with Gasteiger partial charge in [0.15, 0.2) is 0 Å². The molecule has 2 N–H and O–H groups in total. The van der Waals surface area contributed by atoms with Gasteiger partial charge in [-0.25, -0.2) is 4.39 Å². The molecule has 0 aromatic heterocycles. The van der Waals surface area contributed by atoms with Gasteiger partial charge in [-0.15, -0.1) is 0 Å². The van der Waals surface area contributed by atoms with Gasteiger partial charge in [0.05, 0.1) is 6.42 Å². The summed E-state index contributed by atoms with van der Waals surface area (Å²) < 4.78 is 13.1. The largest absolute Gasteiger partial charge is 0.339 e. The van der Waals surface area contributed by atoms with Crippen molar-refractivity contribution in [3.8, 4) is 0 Å². The molecule has 1 aliphatic heterocycles. The van der Waals surface area contributed by atoms with E-state index in [1.807, 2.05) is 4.90 Å². The van der Waals surface area contributed by atoms with E-state index in [0.29, 0.717) is 12.6 Å². The molecule has 1 fully saturated rings. The molecule has 3 nitrogen and oxygen atoms in total. The maximum absolute atomic E-state index is 13.1. The number of amides is 1. The molecule has 0 bridgehead atoms. The van der Waals surface area contributed by atoms with Gasteiger partial charge >= 0.3 is 0 Å². The second kappa shape index (κ2) is 6.66. The van der Waals surface area contributed by atoms with Crippen LogP contribution in [-0.2, 0) is 11.2 Å². The first-order chi connectivity index (χ1) is 9.20. The molecule has 2 rings (SSSR count). The maximum atomic E-state index is 13.1. The molecule has 1 heterocycles. The predicted octanol–water partition coefficient (Wildman–Crippen LogP) is 2.10. The molecule has 19 heavy (non-hydrogen) atoms. The smallest absolute Gasteiger partial charge is 0.227 e. The van der Waals surface area contributed by atoms with Gasteiger partial charge in [0.25, 0.3) is 0 Å². The van der Waals surface area contributed by atoms with E-state index in [1.54, 1.807) is 12.1 Å². The Hall–Kier alpha value is -1.42. The SMILES string of the molecule is NCCCC1CCCN1C(=O)Cc1cccc(F)c1. The van der Waals surface area contributed by atoms with E-state index in [0.717, 1.165) is 37.8 Å². The van der Waals surface area contributed by atoms with Crippen molar-refractivity contribution in [3.05, 3.63) is 35.6 Å². The first kappa shape index (κ1) is 14.0. The third-order valence-electron chi connectivity index (χ3n) is 3.68. The second-order valence-corrected chi connectivity index (χ2v) is 5.12. The number of rotatable bonds is 5. The minimum absolute atomic E-state index is 0.102. The van der Waals surface area contributed by atoms with Crippen molar-refractivity contribution in [3.63, 3.8) is 0 Å². The first-order valence-electron chi connectivity index (χ1n) is 6.94. The average Bonchev–Trinajstić information content (AvgIpc) is 2.84. The van der Waals surface area contributed by atoms with Gasteiger partial charge in [-0.05, 0) is 49.9 Å². The van der Waals surface area contributed by atoms with Crippen LogP contribution in [0.1, 0.15) is 31.2 Å². The summed E-state index contributed by atoms with van der Waals surface area (Å²) in [6.45, 7) is 1.49. The normalized spacial score (nSPS) is 18.8. The van der Waals surface area contributed by atoms with Crippen molar-refractivity contribution in [2.24, 2.45) is 5.73 Å². The first-order valence-corrected chi connectivity index (χ1v) is 6.94. The molecule has 1 aromatic carbocycles. The van der Waals surface area contributed by atoms with E-state index in [9.17, 15) is 9.18 Å². The van der Waals surface area contributed by atoms with Crippen LogP contribution in [-0.4, -0.2) is 29.9 Å². The summed E-state index contributed by atoms with van der Waals surface area (Å²) in [6.07, 6.45) is 4.34. The zero-order valence-electron chi connectivity index (χ0n) is 11.1. The standard InChI is InChI=1S/C15H21FN2O/c16-13-5-1-4-12(10-13)11-15(19)18-9-3-7-14(18)6-2-8-17/h1,4-5,10,14H,2-3,6-9,11,17H2. The Bertz CT molecular complexity index is 436. The van der Waals surface area contributed by atoms with E-state index >= 15 is 0 Å². The minimum Gasteiger partial charge on any atom is -0.339 e. The Kier molecular flexibility index (Phi) is 4.91. The van der Waals surface area contributed by atoms with Gasteiger partial charge in [0.2, 0.25) is 5.91 Å². The quantitative estimate of drug-likeness (QED) is 0.885. The van der Waals surface area contributed by atoms with Gasteiger partial charge < -0.3 is 10.6 Å².